The summed E-state index contributed by atoms with van der Waals surface area (Å²) in [5.41, 5.74) is -0.709. The Morgan fingerprint density at radius 3 is 2.47 bits per heavy atom. The highest BCUT2D eigenvalue weighted by Gasteiger charge is 2.40. The highest BCUT2D eigenvalue weighted by atomic mass is 16.4. The van der Waals surface area contributed by atoms with Crippen LogP contribution in [0.1, 0.15) is 33.6 Å². The first-order valence-corrected chi connectivity index (χ1v) is 6.53. The second-order valence-electron chi connectivity index (χ2n) is 5.82. The van der Waals surface area contributed by atoms with Gasteiger partial charge in [-0.2, -0.15) is 0 Å². The zero-order valence-electron chi connectivity index (χ0n) is 11.6. The Bertz CT molecular complexity index is 268. The molecule has 1 unspecified atom stereocenters. The second kappa shape index (κ2) is 5.83. The van der Waals surface area contributed by atoms with Crippen molar-refractivity contribution in [1.82, 2.24) is 9.80 Å². The lowest BCUT2D eigenvalue weighted by atomic mass is 9.88. The molecule has 17 heavy (non-hydrogen) atoms. The molecule has 1 atom stereocenters. The Hall–Kier alpha value is -0.610. The highest BCUT2D eigenvalue weighted by molar-refractivity contribution is 5.78. The van der Waals surface area contributed by atoms with E-state index in [1.54, 1.807) is 0 Å². The maximum Gasteiger partial charge on any atom is 0.323 e. The summed E-state index contributed by atoms with van der Waals surface area (Å²) in [5.74, 6) is -0.284. The van der Waals surface area contributed by atoms with Crippen LogP contribution in [-0.4, -0.2) is 59.6 Å². The largest absolute Gasteiger partial charge is 0.480 e. The lowest BCUT2D eigenvalue weighted by molar-refractivity contribution is -0.151. The van der Waals surface area contributed by atoms with E-state index >= 15 is 0 Å². The number of nitrogens with zero attached hydrogens (tertiary/aromatic N) is 2. The fourth-order valence-electron chi connectivity index (χ4n) is 2.69. The van der Waals surface area contributed by atoms with Gasteiger partial charge in [0.1, 0.15) is 5.54 Å². The molecule has 4 nitrogen and oxygen atoms in total. The van der Waals surface area contributed by atoms with Crippen molar-refractivity contribution in [2.24, 2.45) is 5.92 Å². The Morgan fingerprint density at radius 2 is 1.94 bits per heavy atom. The van der Waals surface area contributed by atoms with Crippen LogP contribution in [0.4, 0.5) is 0 Å². The molecule has 1 aliphatic rings. The fraction of sp³-hybridized carbons (Fsp3) is 0.923. The number of carbonyl (C=O) groups is 1. The molecule has 1 saturated heterocycles. The Balaban J connectivity index is 2.79. The lowest BCUT2D eigenvalue weighted by Gasteiger charge is -2.38. The maximum atomic E-state index is 11.6. The van der Waals surface area contributed by atoms with E-state index in [9.17, 15) is 9.90 Å². The fourth-order valence-corrected chi connectivity index (χ4v) is 2.69. The summed E-state index contributed by atoms with van der Waals surface area (Å²) in [4.78, 5) is 16.0. The quantitative estimate of drug-likeness (QED) is 0.811. The lowest BCUT2D eigenvalue weighted by Crippen LogP contribution is -2.54. The summed E-state index contributed by atoms with van der Waals surface area (Å²) in [6.45, 7) is 9.82. The molecule has 0 amide bonds. The molecule has 4 heteroatoms. The van der Waals surface area contributed by atoms with Gasteiger partial charge in [-0.3, -0.25) is 9.69 Å². The van der Waals surface area contributed by atoms with Crippen molar-refractivity contribution in [1.29, 1.82) is 0 Å². The number of carboxylic acids is 1. The molecular formula is C13H26N2O2. The van der Waals surface area contributed by atoms with E-state index in [2.05, 4.69) is 30.7 Å². The molecule has 0 aliphatic carbocycles. The van der Waals surface area contributed by atoms with Crippen LogP contribution in [-0.2, 0) is 4.79 Å². The summed E-state index contributed by atoms with van der Waals surface area (Å²) in [5, 5.41) is 9.54. The van der Waals surface area contributed by atoms with Crippen molar-refractivity contribution in [3.63, 3.8) is 0 Å². The molecule has 0 bridgehead atoms. The first-order valence-electron chi connectivity index (χ1n) is 6.53. The molecule has 1 fully saturated rings. The zero-order chi connectivity index (χ0) is 13.1. The molecule has 0 saturated carbocycles. The third-order valence-electron chi connectivity index (χ3n) is 3.68. The van der Waals surface area contributed by atoms with Gasteiger partial charge in [-0.05, 0) is 39.3 Å². The average molecular weight is 242 g/mol. The van der Waals surface area contributed by atoms with E-state index in [4.69, 9.17) is 0 Å². The minimum atomic E-state index is -0.709. The van der Waals surface area contributed by atoms with Crippen LogP contribution in [0.2, 0.25) is 0 Å². The smallest absolute Gasteiger partial charge is 0.323 e. The van der Waals surface area contributed by atoms with Gasteiger partial charge in [-0.25, -0.2) is 0 Å². The average Bonchev–Trinajstić information content (AvgIpc) is 2.41. The van der Waals surface area contributed by atoms with Gasteiger partial charge in [-0.1, -0.05) is 13.8 Å². The van der Waals surface area contributed by atoms with E-state index in [-0.39, 0.29) is 0 Å². The predicted octanol–water partition coefficient (Wildman–Crippen LogP) is 1.51. The highest BCUT2D eigenvalue weighted by Crippen LogP contribution is 2.25. The van der Waals surface area contributed by atoms with E-state index in [1.165, 1.54) is 0 Å². The van der Waals surface area contributed by atoms with Crippen LogP contribution in [0.5, 0.6) is 0 Å². The van der Waals surface area contributed by atoms with Crippen molar-refractivity contribution in [2.45, 2.75) is 39.2 Å². The van der Waals surface area contributed by atoms with Crippen LogP contribution < -0.4 is 0 Å². The number of likely N-dealkylation sites (N-methyl/N-ethyl adjacent to an activating group) is 1. The molecule has 0 radical (unpaired) electrons. The molecule has 0 spiro atoms. The van der Waals surface area contributed by atoms with Crippen molar-refractivity contribution >= 4 is 5.97 Å². The van der Waals surface area contributed by atoms with Crippen LogP contribution >= 0.6 is 0 Å². The van der Waals surface area contributed by atoms with Gasteiger partial charge in [0.2, 0.25) is 0 Å². The van der Waals surface area contributed by atoms with E-state index in [0.29, 0.717) is 12.3 Å². The van der Waals surface area contributed by atoms with Crippen molar-refractivity contribution < 1.29 is 9.90 Å². The third kappa shape index (κ3) is 3.68. The van der Waals surface area contributed by atoms with Crippen LogP contribution in [0.3, 0.4) is 0 Å². The Labute approximate surface area is 105 Å². The molecule has 1 aliphatic heterocycles. The molecule has 0 aromatic rings. The standard InChI is InChI=1S/C13H26N2O2/c1-11(2)10-13(3,12(16)17)15-7-5-6-14(4)8-9-15/h11H,5-10H2,1-4H3,(H,16,17). The topological polar surface area (TPSA) is 43.8 Å². The maximum absolute atomic E-state index is 11.6. The molecule has 1 N–H and O–H groups in total. The first-order chi connectivity index (χ1) is 7.86. The third-order valence-corrected chi connectivity index (χ3v) is 3.68. The Kier molecular flexibility index (Phi) is 4.95. The number of rotatable bonds is 4. The van der Waals surface area contributed by atoms with E-state index < -0.39 is 11.5 Å². The number of hydrogen-bond acceptors (Lipinski definition) is 3. The minimum absolute atomic E-state index is 0.400. The number of hydrogen-bond donors (Lipinski definition) is 1. The summed E-state index contributed by atoms with van der Waals surface area (Å²) < 4.78 is 0. The summed E-state index contributed by atoms with van der Waals surface area (Å²) in [7, 11) is 2.10. The molecule has 1 heterocycles. The van der Waals surface area contributed by atoms with Crippen LogP contribution in [0, 0.1) is 5.92 Å². The number of aliphatic carboxylic acids is 1. The van der Waals surface area contributed by atoms with Gasteiger partial charge in [0.05, 0.1) is 0 Å². The van der Waals surface area contributed by atoms with Gasteiger partial charge < -0.3 is 10.0 Å². The summed E-state index contributed by atoms with van der Waals surface area (Å²) in [6.07, 6.45) is 1.77. The summed E-state index contributed by atoms with van der Waals surface area (Å²) >= 11 is 0. The zero-order valence-corrected chi connectivity index (χ0v) is 11.6. The minimum Gasteiger partial charge on any atom is -0.480 e. The second-order valence-corrected chi connectivity index (χ2v) is 5.82. The van der Waals surface area contributed by atoms with Crippen molar-refractivity contribution in [3.8, 4) is 0 Å². The Morgan fingerprint density at radius 1 is 1.29 bits per heavy atom. The molecule has 0 aromatic carbocycles. The first kappa shape index (κ1) is 14.5. The molecule has 0 aromatic heterocycles. The predicted molar refractivity (Wildman–Crippen MR) is 69.2 cm³/mol. The van der Waals surface area contributed by atoms with Crippen molar-refractivity contribution in [3.05, 3.63) is 0 Å². The van der Waals surface area contributed by atoms with E-state index in [0.717, 1.165) is 32.6 Å². The van der Waals surface area contributed by atoms with Gasteiger partial charge >= 0.3 is 5.97 Å². The monoisotopic (exact) mass is 242 g/mol. The van der Waals surface area contributed by atoms with Crippen LogP contribution in [0.15, 0.2) is 0 Å². The normalized spacial score (nSPS) is 23.4. The molecule has 100 valence electrons. The SMILES string of the molecule is CC(C)CC(C)(C(=O)O)N1CCCN(C)CC1. The number of carboxylic acid groups (broad SMARTS) is 1. The van der Waals surface area contributed by atoms with Crippen LogP contribution in [0.25, 0.3) is 0 Å². The van der Waals surface area contributed by atoms with Gasteiger partial charge in [0.25, 0.3) is 0 Å². The van der Waals surface area contributed by atoms with Gasteiger partial charge in [0, 0.05) is 19.6 Å². The summed E-state index contributed by atoms with van der Waals surface area (Å²) in [6, 6.07) is 0. The molecule has 1 rings (SSSR count). The van der Waals surface area contributed by atoms with Gasteiger partial charge in [-0.15, -0.1) is 0 Å². The van der Waals surface area contributed by atoms with Gasteiger partial charge in [0.15, 0.2) is 0 Å². The molecular weight excluding hydrogens is 216 g/mol. The van der Waals surface area contributed by atoms with E-state index in [1.807, 2.05) is 6.92 Å². The van der Waals surface area contributed by atoms with Crippen molar-refractivity contribution in [2.75, 3.05) is 33.2 Å².